The predicted octanol–water partition coefficient (Wildman–Crippen LogP) is 21.2. The monoisotopic (exact) mass is 2900 g/mol. The van der Waals surface area contributed by atoms with Gasteiger partial charge in [0.1, 0.15) is 0 Å². The number of rotatable bonds is 32. The molecule has 16 radical (unpaired) electrons. The van der Waals surface area contributed by atoms with Gasteiger partial charge in [0.25, 0.3) is 0 Å². The summed E-state index contributed by atoms with van der Waals surface area (Å²) in [5.74, 6) is 3.46. The molecule has 0 aliphatic rings. The number of hydrogen-bond acceptors (Lipinski definition) is 24. The largest absolute Gasteiger partial charge is 0.706 e. The second kappa shape index (κ2) is 129. The molecule has 0 atom stereocenters. The maximum Gasteiger partial charge on any atom is 0 e. The second-order valence-electron chi connectivity index (χ2n) is 19.7. The molecule has 128 heavy (non-hydrogen) atoms. The number of aromatic nitrogens is 8. The van der Waals surface area contributed by atoms with Gasteiger partial charge in [-0.15, -0.1) is 23.3 Å². The number of aliphatic imine (C=N–C) groups is 16. The summed E-state index contributed by atoms with van der Waals surface area (Å²) in [6, 6.07) is 37.0. The number of hydrogen-bond donors (Lipinski definition) is 0. The molecule has 6 aromatic heterocycles. The van der Waals surface area contributed by atoms with Gasteiger partial charge in [0, 0.05) is 523 Å². The van der Waals surface area contributed by atoms with Gasteiger partial charge in [-0.3, -0.25) is 18.2 Å². The fourth-order valence-corrected chi connectivity index (χ4v) is 6.04. The quantitative estimate of drug-likeness (QED) is 0.0287. The van der Waals surface area contributed by atoms with Gasteiger partial charge in [-0.25, -0.2) is 41.1 Å². The van der Waals surface area contributed by atoms with E-state index in [0.29, 0.717) is 69.3 Å². The Morgan fingerprint density at radius 3 is 0.648 bits per heavy atom. The van der Waals surface area contributed by atoms with Crippen LogP contribution in [0, 0.1) is 98.1 Å². The minimum absolute atomic E-state index is 0. The van der Waals surface area contributed by atoms with Crippen LogP contribution >= 0.6 is 0 Å². The predicted molar refractivity (Wildman–Crippen MR) is 453 cm³/mol. The van der Waals surface area contributed by atoms with E-state index in [1.807, 2.05) is 117 Å². The maximum absolute atomic E-state index is 4.08. The normalized spacial score (nSPS) is 10.1. The first-order valence-electron chi connectivity index (χ1n) is 36.3. The Hall–Kier alpha value is 5.58. The van der Waals surface area contributed by atoms with E-state index in [2.05, 4.69) is 317 Å². The van der Waals surface area contributed by atoms with E-state index in [1.54, 1.807) is 42.5 Å². The van der Waals surface area contributed by atoms with Gasteiger partial charge in [0.2, 0.25) is 0 Å². The van der Waals surface area contributed by atoms with Gasteiger partial charge >= 0.3 is 0 Å². The molecule has 0 saturated carbocycles. The van der Waals surface area contributed by atoms with Crippen LogP contribution in [0.15, 0.2) is 128 Å². The summed E-state index contributed by atoms with van der Waals surface area (Å²) in [6.07, 6.45) is 78.5. The standard InChI is InChI=1S/2C12H12N2.4C11H11N3.2C10H10N4.16Y/c1-3-9-13-11-5-7-12(8-6-11)14-10-4-2;1-3-8-13-11-6-5-7-12(10-11)14-9-4-2;1-3-8-12-10-6-5-7-11(14-10)13-9-4-2;2*1-3-7-12-10-5-6-11(14-9-10)13-8-4-2;1-3-5-13-10-7-11(9-12-8-10)14-6-4-2;1-3-5-12-9-7-11-8-10(14-9)13-6-4-2;1-3-5-11-9-7-14-10(8-13-9)12-6-4-2;;;;;;;;;;;;;;;;/h5,8H,3-4H2,1-2H3;5,10H,3-4H2,1-2H3;3*5H,3-4H2,1-2H3;7H,3-4H2,1-2H3;2*3-4H2,1-2H3;;;;;;;;;;;;;;;;/q8*-4;;;;;;;;;;;;;;;;. The van der Waals surface area contributed by atoms with Crippen molar-refractivity contribution >= 4 is 191 Å². The minimum Gasteiger partial charge on any atom is -0.706 e. The van der Waals surface area contributed by atoms with Crippen molar-refractivity contribution in [2.45, 2.75) is 214 Å². The van der Waals surface area contributed by atoms with E-state index in [9.17, 15) is 0 Å². The van der Waals surface area contributed by atoms with E-state index in [1.165, 1.54) is 0 Å². The van der Waals surface area contributed by atoms with Gasteiger partial charge in [-0.05, 0) is 0 Å². The first-order chi connectivity index (χ1) is 54.9. The molecule has 0 fully saturated rings. The molecule has 0 N–H and O–H groups in total. The number of nitrogens with zero attached hydrogens (tertiary/aromatic N) is 24. The van der Waals surface area contributed by atoms with E-state index in [0.717, 1.165) is 125 Å². The third-order valence-corrected chi connectivity index (χ3v) is 10.5. The third kappa shape index (κ3) is 100. The molecular formula is C88H88N24Y16-32. The first kappa shape index (κ1) is 170. The van der Waals surface area contributed by atoms with Crippen molar-refractivity contribution in [3.05, 3.63) is 147 Å². The van der Waals surface area contributed by atoms with Crippen molar-refractivity contribution in [2.75, 3.05) is 0 Å². The van der Waals surface area contributed by atoms with Crippen molar-refractivity contribution in [3.8, 4) is 0 Å². The molecule has 640 valence electrons. The van der Waals surface area contributed by atoms with Crippen LogP contribution in [-0.4, -0.2) is 139 Å². The van der Waals surface area contributed by atoms with Crippen LogP contribution in [0.5, 0.6) is 0 Å². The molecule has 8 aromatic rings. The van der Waals surface area contributed by atoms with Crippen LogP contribution < -0.4 is 0 Å². The molecule has 24 nitrogen and oxygen atoms in total. The van der Waals surface area contributed by atoms with Crippen molar-refractivity contribution in [3.63, 3.8) is 0 Å². The molecule has 0 aliphatic heterocycles. The van der Waals surface area contributed by atoms with Crippen LogP contribution in [0.25, 0.3) is 0 Å². The summed E-state index contributed by atoms with van der Waals surface area (Å²) in [7, 11) is 0. The number of benzene rings is 2. The fraction of sp³-hybridized carbons (Fsp3) is 0.364. The van der Waals surface area contributed by atoms with Crippen LogP contribution in [0.3, 0.4) is 0 Å². The van der Waals surface area contributed by atoms with E-state index >= 15 is 0 Å². The Kier molecular flexibility index (Phi) is 171. The van der Waals surface area contributed by atoms with Crippen LogP contribution in [0.1, 0.15) is 214 Å². The maximum atomic E-state index is 4.08. The molecule has 0 amide bonds. The summed E-state index contributed by atoms with van der Waals surface area (Å²) >= 11 is 0. The molecule has 40 heteroatoms. The zero-order chi connectivity index (χ0) is 81.8. The Morgan fingerprint density at radius 1 is 0.180 bits per heavy atom. The number of pyridine rings is 4. The molecule has 8 rings (SSSR count). The molecule has 0 aliphatic carbocycles. The molecule has 2 aromatic carbocycles. The summed E-state index contributed by atoms with van der Waals surface area (Å²) in [5.41, 5.74) is 5.46. The molecule has 6 heterocycles. The molecule has 0 bridgehead atoms. The zero-order valence-corrected chi connectivity index (χ0v) is 121. The molecule has 0 spiro atoms. The van der Waals surface area contributed by atoms with Gasteiger partial charge in [-0.2, -0.15) is 129 Å². The minimum atomic E-state index is 0. The summed E-state index contributed by atoms with van der Waals surface area (Å²) in [5, 5.41) is 0. The molecular weight excluding hydrogens is 2820 g/mol. The van der Waals surface area contributed by atoms with Gasteiger partial charge in [0.15, 0.2) is 0 Å². The molecule has 0 unspecified atom stereocenters. The van der Waals surface area contributed by atoms with Crippen molar-refractivity contribution in [2.24, 2.45) is 79.9 Å². The summed E-state index contributed by atoms with van der Waals surface area (Å²) in [4.78, 5) is 94.8. The summed E-state index contributed by atoms with van der Waals surface area (Å²) < 4.78 is 0. The SMILES string of the molecule is CC[C-]=Nc1[c-]c[c-]c(N=[C-]CC)c1.CC[C-]=Nc1[c-]c[c-]c(N=[C-]CC)n1.CC[C-]=Nc1[c-]cc(N=[C-]CC)[c-]c1.CC[C-]=Nc1[c-]n[c-]c(N=[C-]CC)c1.CC[C-]=Nc1[c-]n[c-]c(N=[C-]CC)n1.CC[C-]=Nc1[c-]nc(N=[C-]CC)[c-]c1.CC[C-]=Nc1[c-]nc(N=[C-]CC)[c-]c1.CC[C-]=Nc1[c-]nc(N=[C-]CC)[c-]n1.[Y].[Y].[Y].[Y].[Y].[Y].[Y].[Y].[Y].[Y].[Y].[Y].[Y].[Y].[Y].[Y]. The van der Waals surface area contributed by atoms with Crippen molar-refractivity contribution < 1.29 is 523 Å². The Balaban J connectivity index is -0.0000000786. The smallest absolute Gasteiger partial charge is 0 e. The van der Waals surface area contributed by atoms with Crippen molar-refractivity contribution in [1.29, 1.82) is 0 Å². The van der Waals surface area contributed by atoms with E-state index in [4.69, 9.17) is 0 Å². The van der Waals surface area contributed by atoms with Crippen LogP contribution in [0.4, 0.5) is 92.0 Å². The average molecular weight is 2900 g/mol. The van der Waals surface area contributed by atoms with Gasteiger partial charge in [-0.1, -0.05) is 214 Å². The fourth-order valence-electron chi connectivity index (χ4n) is 6.04. The topological polar surface area (TPSA) is 301 Å². The average Bonchev–Trinajstić information content (AvgIpc) is 0.998. The Morgan fingerprint density at radius 2 is 0.383 bits per heavy atom. The first-order valence-corrected chi connectivity index (χ1v) is 36.3. The third-order valence-electron chi connectivity index (χ3n) is 10.5. The van der Waals surface area contributed by atoms with Gasteiger partial charge < -0.3 is 246 Å². The van der Waals surface area contributed by atoms with Crippen molar-refractivity contribution in [1.82, 2.24) is 39.9 Å². The van der Waals surface area contributed by atoms with Crippen LogP contribution in [-0.2, 0) is 523 Å². The Labute approximate surface area is 1170 Å². The van der Waals surface area contributed by atoms with Crippen LogP contribution in [0.2, 0.25) is 0 Å². The Bertz CT molecular complexity index is 3460. The molecule has 0 saturated heterocycles. The van der Waals surface area contributed by atoms with E-state index < -0.39 is 0 Å². The zero-order valence-electron chi connectivity index (χ0n) is 75.9. The van der Waals surface area contributed by atoms with E-state index in [-0.39, 0.29) is 523 Å². The summed E-state index contributed by atoms with van der Waals surface area (Å²) in [6.45, 7) is 31.4. The second-order valence-corrected chi connectivity index (χ2v) is 19.7. The van der Waals surface area contributed by atoms with Gasteiger partial charge in [0.05, 0.1) is 0 Å².